The van der Waals surface area contributed by atoms with E-state index in [1.807, 2.05) is 0 Å². The summed E-state index contributed by atoms with van der Waals surface area (Å²) in [7, 11) is -4.13. The van der Waals surface area contributed by atoms with Crippen LogP contribution in [0.4, 0.5) is 8.63 Å². The third-order valence-corrected chi connectivity index (χ3v) is 3.06. The van der Waals surface area contributed by atoms with Crippen molar-refractivity contribution < 1.29 is 22.7 Å². The molecule has 0 N–H and O–H groups in total. The zero-order chi connectivity index (χ0) is 10.9. The fourth-order valence-electron chi connectivity index (χ4n) is 2.43. The van der Waals surface area contributed by atoms with E-state index in [0.29, 0.717) is 13.0 Å². The highest BCUT2D eigenvalue weighted by Crippen LogP contribution is 2.39. The highest BCUT2D eigenvalue weighted by molar-refractivity contribution is 6.52. The Morgan fingerprint density at radius 2 is 2.00 bits per heavy atom. The van der Waals surface area contributed by atoms with Crippen molar-refractivity contribution in [3.63, 3.8) is 0 Å². The predicted molar refractivity (Wildman–Crippen MR) is 51.3 cm³/mol. The summed E-state index contributed by atoms with van der Waals surface area (Å²) in [6, 6.07) is 0. The van der Waals surface area contributed by atoms with Crippen LogP contribution in [0.3, 0.4) is 0 Å². The molecule has 1 saturated carbocycles. The fourth-order valence-corrected chi connectivity index (χ4v) is 2.43. The van der Waals surface area contributed by atoms with E-state index in [9.17, 15) is 8.63 Å². The van der Waals surface area contributed by atoms with E-state index >= 15 is 0 Å². The molecule has 1 aliphatic carbocycles. The quantitative estimate of drug-likeness (QED) is 0.669. The molecule has 2 aliphatic rings. The van der Waals surface area contributed by atoms with Crippen molar-refractivity contribution in [2.75, 3.05) is 6.61 Å². The first-order chi connectivity index (χ1) is 7.12. The molecule has 0 bridgehead atoms. The first-order valence-electron chi connectivity index (χ1n) is 5.59. The number of hydrogen-bond acceptors (Lipinski definition) is 3. The molecule has 3 atom stereocenters. The molecule has 0 aromatic carbocycles. The van der Waals surface area contributed by atoms with Crippen LogP contribution in [0.5, 0.6) is 0 Å². The van der Waals surface area contributed by atoms with Crippen molar-refractivity contribution in [3.8, 4) is 0 Å². The first-order valence-corrected chi connectivity index (χ1v) is 5.59. The van der Waals surface area contributed by atoms with Crippen LogP contribution in [0.25, 0.3) is 0 Å². The molecular weight excluding hydrogens is 205 g/mol. The van der Waals surface area contributed by atoms with Crippen LogP contribution in [0.1, 0.15) is 32.6 Å². The molecular formula is C9H16BF2O3-. The SMILES string of the molecule is CCOC1O[B-](F)(F)OC2CCCCC21. The van der Waals surface area contributed by atoms with E-state index in [4.69, 9.17) is 4.74 Å². The monoisotopic (exact) mass is 221 g/mol. The number of hydrogen-bond donors (Lipinski definition) is 0. The van der Waals surface area contributed by atoms with Gasteiger partial charge in [0.2, 0.25) is 0 Å². The van der Waals surface area contributed by atoms with Gasteiger partial charge in [0.15, 0.2) is 0 Å². The highest BCUT2D eigenvalue weighted by atomic mass is 19.3. The molecule has 0 aromatic rings. The maximum atomic E-state index is 13.1. The van der Waals surface area contributed by atoms with Gasteiger partial charge in [-0.05, 0) is 19.8 Å². The molecule has 0 spiro atoms. The van der Waals surface area contributed by atoms with Crippen molar-refractivity contribution in [1.82, 2.24) is 0 Å². The van der Waals surface area contributed by atoms with E-state index in [2.05, 4.69) is 9.31 Å². The third kappa shape index (κ3) is 2.49. The van der Waals surface area contributed by atoms with Crippen molar-refractivity contribution in [1.29, 1.82) is 0 Å². The summed E-state index contributed by atoms with van der Waals surface area (Å²) in [5.41, 5.74) is 0. The van der Waals surface area contributed by atoms with Gasteiger partial charge in [0.05, 0.1) is 0 Å². The molecule has 2 fully saturated rings. The van der Waals surface area contributed by atoms with Crippen LogP contribution in [0, 0.1) is 5.92 Å². The minimum Gasteiger partial charge on any atom is -0.509 e. The second-order valence-corrected chi connectivity index (χ2v) is 4.12. The molecule has 1 heterocycles. The summed E-state index contributed by atoms with van der Waals surface area (Å²) in [6.45, 7) is 2.17. The van der Waals surface area contributed by atoms with E-state index in [1.54, 1.807) is 6.92 Å². The minimum absolute atomic E-state index is 0.0276. The van der Waals surface area contributed by atoms with Crippen LogP contribution in [-0.2, 0) is 14.0 Å². The van der Waals surface area contributed by atoms with E-state index in [0.717, 1.165) is 19.3 Å². The molecule has 15 heavy (non-hydrogen) atoms. The average Bonchev–Trinajstić information content (AvgIpc) is 2.16. The van der Waals surface area contributed by atoms with E-state index in [1.165, 1.54) is 0 Å². The van der Waals surface area contributed by atoms with Crippen molar-refractivity contribution >= 4 is 7.11 Å². The fraction of sp³-hybridized carbons (Fsp3) is 1.00. The lowest BCUT2D eigenvalue weighted by Crippen LogP contribution is -2.54. The summed E-state index contributed by atoms with van der Waals surface area (Å²) >= 11 is 0. The van der Waals surface area contributed by atoms with Crippen LogP contribution >= 0.6 is 0 Å². The second kappa shape index (κ2) is 4.35. The molecule has 6 heteroatoms. The van der Waals surface area contributed by atoms with Crippen LogP contribution in [-0.4, -0.2) is 26.1 Å². The molecule has 0 aromatic heterocycles. The Labute approximate surface area is 88.1 Å². The van der Waals surface area contributed by atoms with Gasteiger partial charge in [-0.1, -0.05) is 12.8 Å². The molecule has 2 rings (SSSR count). The van der Waals surface area contributed by atoms with Gasteiger partial charge in [0, 0.05) is 18.6 Å². The highest BCUT2D eigenvalue weighted by Gasteiger charge is 2.46. The predicted octanol–water partition coefficient (Wildman–Crippen LogP) is 2.33. The zero-order valence-corrected chi connectivity index (χ0v) is 8.83. The van der Waals surface area contributed by atoms with Crippen molar-refractivity contribution in [2.45, 2.75) is 45.0 Å². The molecule has 88 valence electrons. The number of rotatable bonds is 2. The van der Waals surface area contributed by atoms with E-state index in [-0.39, 0.29) is 12.0 Å². The lowest BCUT2D eigenvalue weighted by atomic mass is 9.83. The Hall–Kier alpha value is -0.195. The lowest BCUT2D eigenvalue weighted by Gasteiger charge is -2.49. The standard InChI is InChI=1S/C9H16BF2O3/c1-2-13-9-7-5-3-4-6-8(7)14-10(11,12)15-9/h7-9H,2-6H2,1H3/q-1. The normalized spacial score (nSPS) is 39.8. The summed E-state index contributed by atoms with van der Waals surface area (Å²) in [6.07, 6.45) is 2.35. The Kier molecular flexibility index (Phi) is 3.28. The minimum atomic E-state index is -4.13. The lowest BCUT2D eigenvalue weighted by molar-refractivity contribution is -0.212. The van der Waals surface area contributed by atoms with Gasteiger partial charge in [0.1, 0.15) is 6.29 Å². The van der Waals surface area contributed by atoms with Crippen LogP contribution in [0.2, 0.25) is 0 Å². The topological polar surface area (TPSA) is 27.7 Å². The number of halogens is 2. The van der Waals surface area contributed by atoms with Gasteiger partial charge >= 0.3 is 7.11 Å². The van der Waals surface area contributed by atoms with Crippen molar-refractivity contribution in [2.24, 2.45) is 5.92 Å². The van der Waals surface area contributed by atoms with Gasteiger partial charge in [-0.2, -0.15) is 0 Å². The maximum absolute atomic E-state index is 13.1. The Balaban J connectivity index is 2.06. The summed E-state index contributed by atoms with van der Waals surface area (Å²) < 4.78 is 40.6. The Bertz CT molecular complexity index is 227. The summed E-state index contributed by atoms with van der Waals surface area (Å²) in [5, 5.41) is 0. The maximum Gasteiger partial charge on any atom is 0.603 e. The van der Waals surface area contributed by atoms with Gasteiger partial charge in [-0.15, -0.1) is 0 Å². The Morgan fingerprint density at radius 1 is 1.27 bits per heavy atom. The zero-order valence-electron chi connectivity index (χ0n) is 8.83. The molecule has 0 radical (unpaired) electrons. The molecule has 3 unspecified atom stereocenters. The number of fused-ring (bicyclic) bond motifs is 1. The first kappa shape index (κ1) is 11.3. The molecule has 0 amide bonds. The average molecular weight is 221 g/mol. The van der Waals surface area contributed by atoms with Crippen LogP contribution in [0.15, 0.2) is 0 Å². The van der Waals surface area contributed by atoms with Gasteiger partial charge in [0.25, 0.3) is 0 Å². The van der Waals surface area contributed by atoms with Gasteiger partial charge in [-0.25, -0.2) is 0 Å². The van der Waals surface area contributed by atoms with E-state index < -0.39 is 13.4 Å². The largest absolute Gasteiger partial charge is 0.603 e. The summed E-state index contributed by atoms with van der Waals surface area (Å²) in [4.78, 5) is 0. The third-order valence-electron chi connectivity index (χ3n) is 3.06. The smallest absolute Gasteiger partial charge is 0.509 e. The molecule has 1 aliphatic heterocycles. The number of ether oxygens (including phenoxy) is 1. The van der Waals surface area contributed by atoms with Crippen molar-refractivity contribution in [3.05, 3.63) is 0 Å². The summed E-state index contributed by atoms with van der Waals surface area (Å²) in [5.74, 6) is -0.0276. The van der Waals surface area contributed by atoms with Gasteiger partial charge in [-0.3, -0.25) is 0 Å². The van der Waals surface area contributed by atoms with Gasteiger partial charge < -0.3 is 22.7 Å². The molecule has 1 saturated heterocycles. The molecule has 3 nitrogen and oxygen atoms in total. The second-order valence-electron chi connectivity index (χ2n) is 4.12. The Morgan fingerprint density at radius 3 is 2.73 bits per heavy atom. The van der Waals surface area contributed by atoms with Crippen LogP contribution < -0.4 is 0 Å².